The second-order valence-corrected chi connectivity index (χ2v) is 5.27. The van der Waals surface area contributed by atoms with Crippen molar-refractivity contribution in [3.63, 3.8) is 0 Å². The van der Waals surface area contributed by atoms with E-state index in [-0.39, 0.29) is 11.8 Å². The van der Waals surface area contributed by atoms with Crippen LogP contribution in [0.25, 0.3) is 0 Å². The molecule has 1 fully saturated rings. The minimum Gasteiger partial charge on any atom is -0.352 e. The van der Waals surface area contributed by atoms with Crippen molar-refractivity contribution in [1.29, 1.82) is 0 Å². The van der Waals surface area contributed by atoms with Crippen molar-refractivity contribution in [3.05, 3.63) is 12.7 Å². The summed E-state index contributed by atoms with van der Waals surface area (Å²) >= 11 is 5.60. The van der Waals surface area contributed by atoms with Gasteiger partial charge in [0.25, 0.3) is 0 Å². The fourth-order valence-electron chi connectivity index (χ4n) is 2.13. The molecule has 0 aliphatic carbocycles. The average Bonchev–Trinajstić information content (AvgIpc) is 2.46. The molecule has 0 saturated carbocycles. The molecule has 1 N–H and O–H groups in total. The molecule has 5 nitrogen and oxygen atoms in total. The van der Waals surface area contributed by atoms with Gasteiger partial charge in [-0.3, -0.25) is 14.5 Å². The molecule has 0 radical (unpaired) electrons. The van der Waals surface area contributed by atoms with Crippen LogP contribution in [0.5, 0.6) is 0 Å². The molecule has 1 aliphatic heterocycles. The minimum absolute atomic E-state index is 0.00629. The number of carbonyl (C=O) groups excluding carboxylic acids is 2. The van der Waals surface area contributed by atoms with E-state index in [1.54, 1.807) is 6.08 Å². The number of hydrogen-bond donors (Lipinski definition) is 1. The van der Waals surface area contributed by atoms with E-state index in [0.29, 0.717) is 38.5 Å². The zero-order valence-corrected chi connectivity index (χ0v) is 12.7. The predicted molar refractivity (Wildman–Crippen MR) is 80.8 cm³/mol. The van der Waals surface area contributed by atoms with E-state index in [1.165, 1.54) is 0 Å². The monoisotopic (exact) mass is 301 g/mol. The van der Waals surface area contributed by atoms with Crippen LogP contribution in [0.1, 0.15) is 19.3 Å². The molecule has 114 valence electrons. The Kier molecular flexibility index (Phi) is 8.30. The highest BCUT2D eigenvalue weighted by atomic mass is 35.5. The van der Waals surface area contributed by atoms with Crippen molar-refractivity contribution in [2.24, 2.45) is 0 Å². The third-order valence-electron chi connectivity index (χ3n) is 3.31. The van der Waals surface area contributed by atoms with E-state index in [9.17, 15) is 9.59 Å². The lowest BCUT2D eigenvalue weighted by Crippen LogP contribution is -2.51. The lowest BCUT2D eigenvalue weighted by Gasteiger charge is -2.34. The maximum Gasteiger partial charge on any atom is 0.234 e. The number of rotatable bonds is 8. The fourth-order valence-corrected chi connectivity index (χ4v) is 2.32. The van der Waals surface area contributed by atoms with Crippen LogP contribution in [-0.2, 0) is 9.59 Å². The first-order valence-corrected chi connectivity index (χ1v) is 7.64. The Labute approximate surface area is 125 Å². The zero-order chi connectivity index (χ0) is 14.8. The van der Waals surface area contributed by atoms with E-state index in [1.807, 2.05) is 4.90 Å². The molecule has 0 aromatic carbocycles. The zero-order valence-electron chi connectivity index (χ0n) is 11.9. The summed E-state index contributed by atoms with van der Waals surface area (Å²) in [4.78, 5) is 27.4. The minimum atomic E-state index is 0.00629. The van der Waals surface area contributed by atoms with Crippen molar-refractivity contribution in [2.45, 2.75) is 19.3 Å². The number of halogens is 1. The predicted octanol–water partition coefficient (Wildman–Crippen LogP) is 0.842. The summed E-state index contributed by atoms with van der Waals surface area (Å²) in [7, 11) is 0. The third-order valence-corrected chi connectivity index (χ3v) is 3.58. The van der Waals surface area contributed by atoms with E-state index in [4.69, 9.17) is 11.6 Å². The standard InChI is InChI=1S/C14H24ClN3O2/c1-2-7-16-13(19)12-17-8-10-18(11-9-17)14(20)5-3-4-6-15/h2H,1,3-12H2,(H,16,19). The van der Waals surface area contributed by atoms with Crippen molar-refractivity contribution < 1.29 is 9.59 Å². The molecule has 0 atom stereocenters. The summed E-state index contributed by atoms with van der Waals surface area (Å²) in [5.41, 5.74) is 0. The highest BCUT2D eigenvalue weighted by molar-refractivity contribution is 6.17. The summed E-state index contributed by atoms with van der Waals surface area (Å²) in [5.74, 6) is 0.818. The molecule has 0 spiro atoms. The summed E-state index contributed by atoms with van der Waals surface area (Å²) in [6.45, 7) is 7.36. The average molecular weight is 302 g/mol. The quantitative estimate of drug-likeness (QED) is 0.411. The van der Waals surface area contributed by atoms with Crippen LogP contribution in [-0.4, -0.2) is 66.8 Å². The van der Waals surface area contributed by atoms with E-state index in [0.717, 1.165) is 25.9 Å². The summed E-state index contributed by atoms with van der Waals surface area (Å²) in [5, 5.41) is 2.76. The molecular weight excluding hydrogens is 278 g/mol. The molecule has 1 rings (SSSR count). The van der Waals surface area contributed by atoms with Crippen LogP contribution in [0.15, 0.2) is 12.7 Å². The smallest absolute Gasteiger partial charge is 0.234 e. The van der Waals surface area contributed by atoms with Gasteiger partial charge in [-0.15, -0.1) is 18.2 Å². The Morgan fingerprint density at radius 1 is 1.20 bits per heavy atom. The largest absolute Gasteiger partial charge is 0.352 e. The van der Waals surface area contributed by atoms with Crippen molar-refractivity contribution in [1.82, 2.24) is 15.1 Å². The van der Waals surface area contributed by atoms with Gasteiger partial charge in [-0.1, -0.05) is 6.08 Å². The molecule has 1 aliphatic rings. The maximum atomic E-state index is 11.9. The van der Waals surface area contributed by atoms with Crippen LogP contribution < -0.4 is 5.32 Å². The second-order valence-electron chi connectivity index (χ2n) is 4.90. The van der Waals surface area contributed by atoms with Crippen molar-refractivity contribution in [3.8, 4) is 0 Å². The Hall–Kier alpha value is -1.07. The van der Waals surface area contributed by atoms with Crippen molar-refractivity contribution in [2.75, 3.05) is 45.1 Å². The Balaban J connectivity index is 2.20. The van der Waals surface area contributed by atoms with Gasteiger partial charge in [-0.25, -0.2) is 0 Å². The molecule has 1 heterocycles. The maximum absolute atomic E-state index is 11.9. The van der Waals surface area contributed by atoms with E-state index >= 15 is 0 Å². The first kappa shape index (κ1) is 17.0. The number of unbranched alkanes of at least 4 members (excludes halogenated alkanes) is 1. The number of hydrogen-bond acceptors (Lipinski definition) is 3. The molecule has 0 unspecified atom stereocenters. The Bertz CT molecular complexity index is 328. The van der Waals surface area contributed by atoms with Gasteiger partial charge in [0.05, 0.1) is 6.54 Å². The van der Waals surface area contributed by atoms with Gasteiger partial charge in [0, 0.05) is 45.0 Å². The number of amides is 2. The molecule has 20 heavy (non-hydrogen) atoms. The van der Waals surface area contributed by atoms with E-state index in [2.05, 4.69) is 16.8 Å². The number of carbonyl (C=O) groups is 2. The van der Waals surface area contributed by atoms with Gasteiger partial charge in [-0.2, -0.15) is 0 Å². The van der Waals surface area contributed by atoms with Gasteiger partial charge in [0.1, 0.15) is 0 Å². The molecular formula is C14H24ClN3O2. The molecule has 6 heteroatoms. The van der Waals surface area contributed by atoms with Gasteiger partial charge in [-0.05, 0) is 12.8 Å². The molecule has 0 bridgehead atoms. The highest BCUT2D eigenvalue weighted by Crippen LogP contribution is 2.06. The number of nitrogens with zero attached hydrogens (tertiary/aromatic N) is 2. The molecule has 2 amide bonds. The summed E-state index contributed by atoms with van der Waals surface area (Å²) in [6.07, 6.45) is 3.98. The number of piperazine rings is 1. The van der Waals surface area contributed by atoms with Crippen LogP contribution in [0.2, 0.25) is 0 Å². The SMILES string of the molecule is C=CCNC(=O)CN1CCN(C(=O)CCCCCl)CC1. The molecule has 0 aromatic rings. The van der Waals surface area contributed by atoms with Crippen LogP contribution in [0, 0.1) is 0 Å². The highest BCUT2D eigenvalue weighted by Gasteiger charge is 2.21. The normalized spacial score (nSPS) is 15.9. The van der Waals surface area contributed by atoms with Gasteiger partial charge >= 0.3 is 0 Å². The first-order valence-electron chi connectivity index (χ1n) is 7.11. The van der Waals surface area contributed by atoms with Crippen LogP contribution >= 0.6 is 11.6 Å². The molecule has 0 aromatic heterocycles. The topological polar surface area (TPSA) is 52.7 Å². The number of nitrogens with one attached hydrogen (secondary N) is 1. The lowest BCUT2D eigenvalue weighted by atomic mass is 10.2. The van der Waals surface area contributed by atoms with Gasteiger partial charge in [0.15, 0.2) is 0 Å². The Morgan fingerprint density at radius 3 is 2.50 bits per heavy atom. The van der Waals surface area contributed by atoms with Gasteiger partial charge in [0.2, 0.25) is 11.8 Å². The fraction of sp³-hybridized carbons (Fsp3) is 0.714. The third kappa shape index (κ3) is 6.39. The summed E-state index contributed by atoms with van der Waals surface area (Å²) in [6, 6.07) is 0. The van der Waals surface area contributed by atoms with Crippen molar-refractivity contribution >= 4 is 23.4 Å². The number of alkyl halides is 1. The van der Waals surface area contributed by atoms with Crippen LogP contribution in [0.3, 0.4) is 0 Å². The molecule has 1 saturated heterocycles. The van der Waals surface area contributed by atoms with Crippen LogP contribution in [0.4, 0.5) is 0 Å². The first-order chi connectivity index (χ1) is 9.67. The lowest BCUT2D eigenvalue weighted by molar-refractivity contribution is -0.133. The summed E-state index contributed by atoms with van der Waals surface area (Å²) < 4.78 is 0. The van der Waals surface area contributed by atoms with Gasteiger partial charge < -0.3 is 10.2 Å². The Morgan fingerprint density at radius 2 is 1.90 bits per heavy atom. The van der Waals surface area contributed by atoms with E-state index < -0.39 is 0 Å². The second kappa shape index (κ2) is 9.77.